The maximum absolute atomic E-state index is 11.7. The highest BCUT2D eigenvalue weighted by atomic mass is 16.2. The Balaban J connectivity index is 1.62. The van der Waals surface area contributed by atoms with Gasteiger partial charge in [0.25, 0.3) is 0 Å². The van der Waals surface area contributed by atoms with Crippen molar-refractivity contribution in [3.63, 3.8) is 0 Å². The highest BCUT2D eigenvalue weighted by Gasteiger charge is 2.25. The Hall–Kier alpha value is -2.20. The molecule has 0 saturated carbocycles. The number of nitrogens with one attached hydrogen (secondary N) is 2. The Morgan fingerprint density at radius 2 is 1.90 bits per heavy atom. The Kier molecular flexibility index (Phi) is 3.97. The second kappa shape index (κ2) is 6.06. The average Bonchev–Trinajstić information content (AvgIpc) is 2.50. The van der Waals surface area contributed by atoms with Gasteiger partial charge >= 0.3 is 0 Å². The first kappa shape index (κ1) is 13.8. The second-order valence-corrected chi connectivity index (χ2v) is 5.42. The Morgan fingerprint density at radius 3 is 2.76 bits per heavy atom. The third kappa shape index (κ3) is 3.11. The number of fused-ring (bicyclic) bond motifs is 1. The molecule has 0 radical (unpaired) electrons. The molecule has 0 bridgehead atoms. The van der Waals surface area contributed by atoms with Gasteiger partial charge in [-0.3, -0.25) is 14.9 Å². The van der Waals surface area contributed by atoms with E-state index in [1.807, 2.05) is 18.2 Å². The van der Waals surface area contributed by atoms with Gasteiger partial charge in [0, 0.05) is 19.5 Å². The standard InChI is InChI=1S/C17H18N2O2/c20-16-9-8-14(17(21)19-16)11-18-10-13-6-3-5-12-4-1-2-7-15(12)13/h1-7,14,18H,8-11H2,(H,19,20,21). The molecule has 4 nitrogen and oxygen atoms in total. The minimum absolute atomic E-state index is 0.113. The molecule has 0 aromatic heterocycles. The van der Waals surface area contributed by atoms with Crippen molar-refractivity contribution in [1.29, 1.82) is 0 Å². The topological polar surface area (TPSA) is 58.2 Å². The SMILES string of the molecule is O=C1CCC(CNCc2cccc3ccccc23)C(=O)N1. The summed E-state index contributed by atoms with van der Waals surface area (Å²) in [7, 11) is 0. The Morgan fingerprint density at radius 1 is 1.10 bits per heavy atom. The summed E-state index contributed by atoms with van der Waals surface area (Å²) in [5.74, 6) is -0.431. The molecule has 108 valence electrons. The molecule has 1 aliphatic heterocycles. The smallest absolute Gasteiger partial charge is 0.230 e. The van der Waals surface area contributed by atoms with Gasteiger partial charge in [-0.15, -0.1) is 0 Å². The molecule has 21 heavy (non-hydrogen) atoms. The van der Waals surface area contributed by atoms with Crippen LogP contribution in [-0.2, 0) is 16.1 Å². The van der Waals surface area contributed by atoms with Gasteiger partial charge in [-0.1, -0.05) is 42.5 Å². The summed E-state index contributed by atoms with van der Waals surface area (Å²) in [4.78, 5) is 22.8. The van der Waals surface area contributed by atoms with Crippen LogP contribution in [0.2, 0.25) is 0 Å². The zero-order valence-corrected chi connectivity index (χ0v) is 11.8. The average molecular weight is 282 g/mol. The lowest BCUT2D eigenvalue weighted by molar-refractivity contribution is -0.136. The quantitative estimate of drug-likeness (QED) is 0.843. The van der Waals surface area contributed by atoms with Crippen LogP contribution in [0.5, 0.6) is 0 Å². The lowest BCUT2D eigenvalue weighted by Crippen LogP contribution is -2.44. The molecule has 0 aliphatic carbocycles. The molecule has 1 heterocycles. The van der Waals surface area contributed by atoms with E-state index in [9.17, 15) is 9.59 Å². The van der Waals surface area contributed by atoms with Gasteiger partial charge in [0.15, 0.2) is 0 Å². The first-order chi connectivity index (χ1) is 10.2. The lowest BCUT2D eigenvalue weighted by atomic mass is 9.98. The van der Waals surface area contributed by atoms with E-state index in [4.69, 9.17) is 0 Å². The number of rotatable bonds is 4. The predicted molar refractivity (Wildman–Crippen MR) is 81.5 cm³/mol. The maximum atomic E-state index is 11.7. The minimum atomic E-state index is -0.162. The number of carbonyl (C=O) groups excluding carboxylic acids is 2. The van der Waals surface area contributed by atoms with E-state index >= 15 is 0 Å². The summed E-state index contributed by atoms with van der Waals surface area (Å²) in [6.45, 7) is 1.32. The van der Waals surface area contributed by atoms with Gasteiger partial charge in [0.2, 0.25) is 11.8 Å². The van der Waals surface area contributed by atoms with Crippen molar-refractivity contribution >= 4 is 22.6 Å². The molecule has 4 heteroatoms. The molecule has 1 atom stereocenters. The van der Waals surface area contributed by atoms with Crippen molar-refractivity contribution < 1.29 is 9.59 Å². The van der Waals surface area contributed by atoms with Crippen LogP contribution in [0.25, 0.3) is 10.8 Å². The highest BCUT2D eigenvalue weighted by Crippen LogP contribution is 2.18. The predicted octanol–water partition coefficient (Wildman–Crippen LogP) is 1.98. The largest absolute Gasteiger partial charge is 0.312 e. The maximum Gasteiger partial charge on any atom is 0.230 e. The van der Waals surface area contributed by atoms with Crippen molar-refractivity contribution in [2.45, 2.75) is 19.4 Å². The van der Waals surface area contributed by atoms with Gasteiger partial charge in [0.1, 0.15) is 0 Å². The molecule has 2 amide bonds. The summed E-state index contributed by atoms with van der Waals surface area (Å²) in [5, 5.41) is 8.18. The third-order valence-corrected chi connectivity index (χ3v) is 3.94. The lowest BCUT2D eigenvalue weighted by Gasteiger charge is -2.21. The monoisotopic (exact) mass is 282 g/mol. The Labute approximate surface area is 123 Å². The summed E-state index contributed by atoms with van der Waals surface area (Å²) in [6.07, 6.45) is 1.07. The first-order valence-corrected chi connectivity index (χ1v) is 7.25. The van der Waals surface area contributed by atoms with Gasteiger partial charge < -0.3 is 5.32 Å². The fraction of sp³-hybridized carbons (Fsp3) is 0.294. The van der Waals surface area contributed by atoms with Crippen LogP contribution in [-0.4, -0.2) is 18.4 Å². The van der Waals surface area contributed by atoms with Crippen LogP contribution in [0, 0.1) is 5.92 Å². The molecular weight excluding hydrogens is 264 g/mol. The number of hydrogen-bond donors (Lipinski definition) is 2. The zero-order valence-electron chi connectivity index (χ0n) is 11.8. The molecule has 3 rings (SSSR count). The van der Waals surface area contributed by atoms with E-state index in [-0.39, 0.29) is 17.7 Å². The normalized spacial score (nSPS) is 18.8. The molecule has 2 aromatic carbocycles. The first-order valence-electron chi connectivity index (χ1n) is 7.25. The summed E-state index contributed by atoms with van der Waals surface area (Å²) in [6, 6.07) is 14.5. The van der Waals surface area contributed by atoms with Crippen molar-refractivity contribution in [3.8, 4) is 0 Å². The van der Waals surface area contributed by atoms with E-state index in [1.54, 1.807) is 0 Å². The molecule has 1 saturated heterocycles. The van der Waals surface area contributed by atoms with Crippen LogP contribution in [0.3, 0.4) is 0 Å². The fourth-order valence-corrected chi connectivity index (χ4v) is 2.76. The van der Waals surface area contributed by atoms with Crippen LogP contribution in [0.1, 0.15) is 18.4 Å². The molecule has 1 aliphatic rings. The number of benzene rings is 2. The van der Waals surface area contributed by atoms with E-state index in [2.05, 4.69) is 34.9 Å². The van der Waals surface area contributed by atoms with Crippen LogP contribution in [0.15, 0.2) is 42.5 Å². The number of amides is 2. The van der Waals surface area contributed by atoms with Gasteiger partial charge in [-0.2, -0.15) is 0 Å². The van der Waals surface area contributed by atoms with Crippen LogP contribution >= 0.6 is 0 Å². The van der Waals surface area contributed by atoms with Crippen molar-refractivity contribution in [3.05, 3.63) is 48.0 Å². The zero-order chi connectivity index (χ0) is 14.7. The van der Waals surface area contributed by atoms with E-state index in [0.717, 1.165) is 6.54 Å². The number of hydrogen-bond acceptors (Lipinski definition) is 3. The second-order valence-electron chi connectivity index (χ2n) is 5.42. The van der Waals surface area contributed by atoms with Crippen LogP contribution in [0.4, 0.5) is 0 Å². The molecular formula is C17H18N2O2. The van der Waals surface area contributed by atoms with Crippen molar-refractivity contribution in [2.75, 3.05) is 6.54 Å². The minimum Gasteiger partial charge on any atom is -0.312 e. The van der Waals surface area contributed by atoms with Gasteiger partial charge in [0.05, 0.1) is 5.92 Å². The summed E-state index contributed by atoms with van der Waals surface area (Å²) >= 11 is 0. The van der Waals surface area contributed by atoms with Crippen molar-refractivity contribution in [1.82, 2.24) is 10.6 Å². The molecule has 1 unspecified atom stereocenters. The third-order valence-electron chi connectivity index (χ3n) is 3.94. The number of carbonyl (C=O) groups is 2. The van der Waals surface area contributed by atoms with Gasteiger partial charge in [-0.05, 0) is 22.8 Å². The van der Waals surface area contributed by atoms with E-state index in [0.29, 0.717) is 19.4 Å². The molecule has 0 spiro atoms. The van der Waals surface area contributed by atoms with Gasteiger partial charge in [-0.25, -0.2) is 0 Å². The van der Waals surface area contributed by atoms with E-state index in [1.165, 1.54) is 16.3 Å². The van der Waals surface area contributed by atoms with E-state index < -0.39 is 0 Å². The molecule has 1 fully saturated rings. The van der Waals surface area contributed by atoms with Crippen LogP contribution < -0.4 is 10.6 Å². The highest BCUT2D eigenvalue weighted by molar-refractivity contribution is 5.98. The number of imide groups is 1. The molecule has 2 N–H and O–H groups in total. The fourth-order valence-electron chi connectivity index (χ4n) is 2.76. The Bertz CT molecular complexity index is 676. The summed E-state index contributed by atoms with van der Waals surface area (Å²) < 4.78 is 0. The van der Waals surface area contributed by atoms with Crippen molar-refractivity contribution in [2.24, 2.45) is 5.92 Å². The summed E-state index contributed by atoms with van der Waals surface area (Å²) in [5.41, 5.74) is 1.22. The number of piperidine rings is 1. The molecule has 2 aromatic rings.